The molecule has 1 heterocycles. The standard InChI is InChI=1S/C15H32N2O/c1-3-7-15(14-18)8-5-4-6-9-17-12-10-16(2)11-13-17/h15,18H,3-14H2,1-2H3/t15-/m0/s1. The monoisotopic (exact) mass is 256 g/mol. The third-order valence-corrected chi connectivity index (χ3v) is 4.14. The molecule has 0 aliphatic carbocycles. The van der Waals surface area contributed by atoms with Crippen molar-refractivity contribution in [3.8, 4) is 0 Å². The van der Waals surface area contributed by atoms with E-state index in [0.717, 1.165) is 0 Å². The van der Waals surface area contributed by atoms with E-state index in [0.29, 0.717) is 12.5 Å². The van der Waals surface area contributed by atoms with Gasteiger partial charge in [-0.2, -0.15) is 0 Å². The molecule has 0 aromatic carbocycles. The van der Waals surface area contributed by atoms with Crippen LogP contribution >= 0.6 is 0 Å². The van der Waals surface area contributed by atoms with E-state index in [1.807, 2.05) is 0 Å². The van der Waals surface area contributed by atoms with Gasteiger partial charge >= 0.3 is 0 Å². The molecule has 0 saturated carbocycles. The number of aliphatic hydroxyl groups is 1. The van der Waals surface area contributed by atoms with Crippen LogP contribution in [0.2, 0.25) is 0 Å². The SMILES string of the molecule is CCC[C@H](CO)CCCCCN1CCN(C)CC1. The summed E-state index contributed by atoms with van der Waals surface area (Å²) in [6.45, 7) is 8.79. The Morgan fingerprint density at radius 2 is 1.72 bits per heavy atom. The highest BCUT2D eigenvalue weighted by atomic mass is 16.3. The summed E-state index contributed by atoms with van der Waals surface area (Å²) in [5.74, 6) is 0.554. The second kappa shape index (κ2) is 9.76. The molecule has 1 saturated heterocycles. The van der Waals surface area contributed by atoms with Crippen LogP contribution < -0.4 is 0 Å². The van der Waals surface area contributed by atoms with Crippen molar-refractivity contribution in [3.63, 3.8) is 0 Å². The average molecular weight is 256 g/mol. The maximum atomic E-state index is 9.23. The molecule has 0 radical (unpaired) electrons. The van der Waals surface area contributed by atoms with Gasteiger partial charge in [0.2, 0.25) is 0 Å². The number of likely N-dealkylation sites (N-methyl/N-ethyl adjacent to an activating group) is 1. The van der Waals surface area contributed by atoms with Crippen molar-refractivity contribution in [2.45, 2.75) is 45.4 Å². The van der Waals surface area contributed by atoms with Crippen molar-refractivity contribution in [2.24, 2.45) is 5.92 Å². The van der Waals surface area contributed by atoms with Crippen molar-refractivity contribution >= 4 is 0 Å². The maximum Gasteiger partial charge on any atom is 0.0459 e. The topological polar surface area (TPSA) is 26.7 Å². The van der Waals surface area contributed by atoms with Crippen LogP contribution in [0.4, 0.5) is 0 Å². The lowest BCUT2D eigenvalue weighted by atomic mass is 9.97. The Balaban J connectivity index is 1.94. The predicted octanol–water partition coefficient (Wildman–Crippen LogP) is 2.20. The van der Waals surface area contributed by atoms with E-state index < -0.39 is 0 Å². The molecule has 0 aromatic rings. The first-order valence-corrected chi connectivity index (χ1v) is 7.78. The predicted molar refractivity (Wildman–Crippen MR) is 77.9 cm³/mol. The van der Waals surface area contributed by atoms with Gasteiger partial charge in [0, 0.05) is 32.8 Å². The van der Waals surface area contributed by atoms with Gasteiger partial charge in [0.15, 0.2) is 0 Å². The lowest BCUT2D eigenvalue weighted by Crippen LogP contribution is -2.44. The van der Waals surface area contributed by atoms with E-state index in [4.69, 9.17) is 0 Å². The molecule has 0 amide bonds. The van der Waals surface area contributed by atoms with Gasteiger partial charge in [0.05, 0.1) is 0 Å². The summed E-state index contributed by atoms with van der Waals surface area (Å²) >= 11 is 0. The zero-order valence-electron chi connectivity index (χ0n) is 12.4. The summed E-state index contributed by atoms with van der Waals surface area (Å²) in [4.78, 5) is 5.00. The zero-order valence-corrected chi connectivity index (χ0v) is 12.4. The van der Waals surface area contributed by atoms with Crippen molar-refractivity contribution in [3.05, 3.63) is 0 Å². The Kier molecular flexibility index (Phi) is 8.64. The first-order valence-electron chi connectivity index (χ1n) is 7.78. The van der Waals surface area contributed by atoms with Gasteiger partial charge in [-0.3, -0.25) is 0 Å². The quantitative estimate of drug-likeness (QED) is 0.641. The van der Waals surface area contributed by atoms with Crippen molar-refractivity contribution < 1.29 is 5.11 Å². The molecule has 1 fully saturated rings. The molecule has 1 atom stereocenters. The van der Waals surface area contributed by atoms with Crippen LogP contribution in [0.1, 0.15) is 45.4 Å². The molecule has 0 unspecified atom stereocenters. The molecule has 0 spiro atoms. The highest BCUT2D eigenvalue weighted by Gasteiger charge is 2.12. The fraction of sp³-hybridized carbons (Fsp3) is 1.00. The molecule has 18 heavy (non-hydrogen) atoms. The van der Waals surface area contributed by atoms with Crippen LogP contribution in [0, 0.1) is 5.92 Å². The number of rotatable bonds is 9. The number of unbranched alkanes of at least 4 members (excludes halogenated alkanes) is 2. The number of piperazine rings is 1. The Labute approximate surface area is 113 Å². The number of hydrogen-bond acceptors (Lipinski definition) is 3. The van der Waals surface area contributed by atoms with Crippen LogP contribution in [-0.2, 0) is 0 Å². The van der Waals surface area contributed by atoms with Gasteiger partial charge in [0.1, 0.15) is 0 Å². The van der Waals surface area contributed by atoms with Gasteiger partial charge in [-0.25, -0.2) is 0 Å². The number of hydrogen-bond donors (Lipinski definition) is 1. The first kappa shape index (κ1) is 15.9. The minimum atomic E-state index is 0.381. The summed E-state index contributed by atoms with van der Waals surface area (Å²) in [6, 6.07) is 0. The minimum absolute atomic E-state index is 0.381. The highest BCUT2D eigenvalue weighted by molar-refractivity contribution is 4.69. The molecule has 1 aliphatic rings. The fourth-order valence-corrected chi connectivity index (χ4v) is 2.75. The molecular weight excluding hydrogens is 224 g/mol. The molecule has 1 aliphatic heterocycles. The smallest absolute Gasteiger partial charge is 0.0459 e. The maximum absolute atomic E-state index is 9.23. The van der Waals surface area contributed by atoms with Gasteiger partial charge in [-0.05, 0) is 38.8 Å². The van der Waals surface area contributed by atoms with E-state index in [1.165, 1.54) is 71.2 Å². The van der Waals surface area contributed by atoms with Gasteiger partial charge in [-0.1, -0.05) is 26.2 Å². The molecule has 108 valence electrons. The molecule has 0 aromatic heterocycles. The van der Waals surface area contributed by atoms with Crippen molar-refractivity contribution in [1.29, 1.82) is 0 Å². The lowest BCUT2D eigenvalue weighted by molar-refractivity contribution is 0.151. The van der Waals surface area contributed by atoms with Crippen LogP contribution in [0.3, 0.4) is 0 Å². The summed E-state index contributed by atoms with van der Waals surface area (Å²) in [5, 5.41) is 9.23. The summed E-state index contributed by atoms with van der Waals surface area (Å²) in [7, 11) is 2.21. The van der Waals surface area contributed by atoms with Crippen LogP contribution in [0.25, 0.3) is 0 Å². The average Bonchev–Trinajstić information content (AvgIpc) is 2.39. The Morgan fingerprint density at radius 3 is 2.33 bits per heavy atom. The molecular formula is C15H32N2O. The Hall–Kier alpha value is -0.120. The molecule has 1 rings (SSSR count). The van der Waals surface area contributed by atoms with E-state index in [2.05, 4.69) is 23.8 Å². The molecule has 3 nitrogen and oxygen atoms in total. The van der Waals surface area contributed by atoms with Gasteiger partial charge in [0.25, 0.3) is 0 Å². The zero-order chi connectivity index (χ0) is 13.2. The highest BCUT2D eigenvalue weighted by Crippen LogP contribution is 2.15. The van der Waals surface area contributed by atoms with E-state index in [1.54, 1.807) is 0 Å². The van der Waals surface area contributed by atoms with Crippen molar-refractivity contribution in [2.75, 3.05) is 46.4 Å². The number of nitrogens with zero attached hydrogens (tertiary/aromatic N) is 2. The summed E-state index contributed by atoms with van der Waals surface area (Å²) < 4.78 is 0. The Bertz CT molecular complexity index is 191. The largest absolute Gasteiger partial charge is 0.396 e. The molecule has 0 bridgehead atoms. The van der Waals surface area contributed by atoms with E-state index in [-0.39, 0.29) is 0 Å². The van der Waals surface area contributed by atoms with Crippen LogP contribution in [-0.4, -0.2) is 61.3 Å². The molecule has 1 N–H and O–H groups in total. The van der Waals surface area contributed by atoms with Crippen molar-refractivity contribution in [1.82, 2.24) is 9.80 Å². The normalized spacial score (nSPS) is 20.2. The van der Waals surface area contributed by atoms with Gasteiger partial charge < -0.3 is 14.9 Å². The summed E-state index contributed by atoms with van der Waals surface area (Å²) in [5.41, 5.74) is 0. The fourth-order valence-electron chi connectivity index (χ4n) is 2.75. The summed E-state index contributed by atoms with van der Waals surface area (Å²) in [6.07, 6.45) is 7.55. The van der Waals surface area contributed by atoms with Crippen LogP contribution in [0.5, 0.6) is 0 Å². The molecule has 3 heteroatoms. The lowest BCUT2D eigenvalue weighted by Gasteiger charge is -2.32. The second-order valence-corrected chi connectivity index (χ2v) is 5.83. The first-order chi connectivity index (χ1) is 8.76. The third-order valence-electron chi connectivity index (χ3n) is 4.14. The Morgan fingerprint density at radius 1 is 1.00 bits per heavy atom. The second-order valence-electron chi connectivity index (χ2n) is 5.83. The van der Waals surface area contributed by atoms with E-state index in [9.17, 15) is 5.11 Å². The van der Waals surface area contributed by atoms with E-state index >= 15 is 0 Å². The number of aliphatic hydroxyl groups excluding tert-OH is 1. The minimum Gasteiger partial charge on any atom is -0.396 e. The van der Waals surface area contributed by atoms with Gasteiger partial charge in [-0.15, -0.1) is 0 Å². The van der Waals surface area contributed by atoms with Crippen LogP contribution in [0.15, 0.2) is 0 Å². The third kappa shape index (κ3) is 6.72.